The highest BCUT2D eigenvalue weighted by molar-refractivity contribution is 7.13. The number of aryl methyl sites for hydroxylation is 1. The molecule has 1 heterocycles. The summed E-state index contributed by atoms with van der Waals surface area (Å²) in [7, 11) is 4.77. The fourth-order valence-electron chi connectivity index (χ4n) is 2.77. The Morgan fingerprint density at radius 2 is 1.71 bits per heavy atom. The highest BCUT2D eigenvalue weighted by Crippen LogP contribution is 2.33. The molecule has 3 aromatic rings. The first-order valence-electron chi connectivity index (χ1n) is 8.65. The first kappa shape index (κ1) is 19.7. The molecule has 0 fully saturated rings. The maximum atomic E-state index is 12.5. The number of carbonyl (C=O) groups excluding carboxylic acids is 1. The van der Waals surface area contributed by atoms with Crippen molar-refractivity contribution in [1.29, 1.82) is 0 Å². The Bertz CT molecular complexity index is 984. The Labute approximate surface area is 168 Å². The predicted octanol–water partition coefficient (Wildman–Crippen LogP) is 4.33. The van der Waals surface area contributed by atoms with E-state index in [1.807, 2.05) is 48.7 Å². The zero-order valence-corrected chi connectivity index (χ0v) is 17.1. The van der Waals surface area contributed by atoms with Crippen molar-refractivity contribution in [2.45, 2.75) is 13.3 Å². The van der Waals surface area contributed by atoms with E-state index in [-0.39, 0.29) is 12.3 Å². The minimum Gasteiger partial charge on any atom is -0.495 e. The molecule has 146 valence electrons. The number of aromatic nitrogens is 1. The van der Waals surface area contributed by atoms with Gasteiger partial charge in [-0.05, 0) is 42.8 Å². The van der Waals surface area contributed by atoms with Crippen LogP contribution in [-0.4, -0.2) is 32.2 Å². The number of amides is 1. The van der Waals surface area contributed by atoms with Crippen LogP contribution >= 0.6 is 11.3 Å². The molecule has 6 nitrogen and oxygen atoms in total. The Balaban J connectivity index is 1.73. The molecule has 2 aromatic carbocycles. The van der Waals surface area contributed by atoms with Crippen LogP contribution < -0.4 is 19.5 Å². The number of anilines is 1. The number of benzene rings is 2. The molecular weight excluding hydrogens is 376 g/mol. The normalized spacial score (nSPS) is 10.4. The molecule has 28 heavy (non-hydrogen) atoms. The van der Waals surface area contributed by atoms with Gasteiger partial charge in [0.15, 0.2) is 11.5 Å². The van der Waals surface area contributed by atoms with Crippen LogP contribution in [0.5, 0.6) is 17.2 Å². The van der Waals surface area contributed by atoms with Gasteiger partial charge >= 0.3 is 0 Å². The van der Waals surface area contributed by atoms with Gasteiger partial charge in [-0.2, -0.15) is 0 Å². The summed E-state index contributed by atoms with van der Waals surface area (Å²) in [6, 6.07) is 11.3. The van der Waals surface area contributed by atoms with E-state index in [1.54, 1.807) is 21.3 Å². The summed E-state index contributed by atoms with van der Waals surface area (Å²) in [5, 5.41) is 5.60. The molecule has 0 saturated carbocycles. The van der Waals surface area contributed by atoms with Gasteiger partial charge in [-0.15, -0.1) is 11.3 Å². The maximum Gasteiger partial charge on any atom is 0.230 e. The summed E-state index contributed by atoms with van der Waals surface area (Å²) in [5.74, 6) is 1.78. The van der Waals surface area contributed by atoms with E-state index >= 15 is 0 Å². The Kier molecular flexibility index (Phi) is 6.16. The number of ether oxygens (including phenoxy) is 3. The quantitative estimate of drug-likeness (QED) is 0.642. The third kappa shape index (κ3) is 4.43. The van der Waals surface area contributed by atoms with Crippen LogP contribution in [0.4, 0.5) is 5.69 Å². The monoisotopic (exact) mass is 398 g/mol. The van der Waals surface area contributed by atoms with Crippen molar-refractivity contribution in [3.63, 3.8) is 0 Å². The lowest BCUT2D eigenvalue weighted by molar-refractivity contribution is -0.115. The lowest BCUT2D eigenvalue weighted by atomic mass is 10.2. The molecule has 3 rings (SSSR count). The number of nitrogens with zero attached hydrogens (tertiary/aromatic N) is 1. The van der Waals surface area contributed by atoms with Gasteiger partial charge in [-0.3, -0.25) is 4.79 Å². The molecule has 0 aliphatic heterocycles. The van der Waals surface area contributed by atoms with Crippen LogP contribution in [0.3, 0.4) is 0 Å². The molecule has 0 aliphatic carbocycles. The second-order valence-corrected chi connectivity index (χ2v) is 7.00. The highest BCUT2D eigenvalue weighted by Gasteiger charge is 2.13. The van der Waals surface area contributed by atoms with Gasteiger partial charge in [0, 0.05) is 10.9 Å². The van der Waals surface area contributed by atoms with Crippen LogP contribution in [-0.2, 0) is 11.2 Å². The molecular formula is C21H22N2O4S. The van der Waals surface area contributed by atoms with E-state index in [0.29, 0.717) is 28.6 Å². The molecule has 7 heteroatoms. The van der Waals surface area contributed by atoms with E-state index in [2.05, 4.69) is 10.3 Å². The van der Waals surface area contributed by atoms with Crippen LogP contribution in [0.15, 0.2) is 41.8 Å². The lowest BCUT2D eigenvalue weighted by Gasteiger charge is -2.10. The summed E-state index contributed by atoms with van der Waals surface area (Å²) < 4.78 is 15.9. The molecule has 0 radical (unpaired) electrons. The molecule has 0 atom stereocenters. The van der Waals surface area contributed by atoms with Gasteiger partial charge < -0.3 is 19.5 Å². The second kappa shape index (κ2) is 8.75. The maximum absolute atomic E-state index is 12.5. The summed E-state index contributed by atoms with van der Waals surface area (Å²) >= 11 is 1.48. The summed E-state index contributed by atoms with van der Waals surface area (Å²) in [5.41, 5.74) is 3.32. The van der Waals surface area contributed by atoms with Crippen molar-refractivity contribution in [2.24, 2.45) is 0 Å². The van der Waals surface area contributed by atoms with E-state index in [4.69, 9.17) is 14.2 Å². The van der Waals surface area contributed by atoms with Crippen molar-refractivity contribution in [1.82, 2.24) is 4.98 Å². The molecule has 0 bridgehead atoms. The van der Waals surface area contributed by atoms with Crippen molar-refractivity contribution in [2.75, 3.05) is 26.6 Å². The standard InChI is InChI=1S/C21H22N2O4S/c1-13-5-7-17(25-2)16(9-13)23-20(24)11-15-12-28-21(22-15)14-6-8-18(26-3)19(10-14)27-4/h5-10,12H,11H2,1-4H3,(H,23,24). The molecule has 1 aromatic heterocycles. The van der Waals surface area contributed by atoms with Crippen molar-refractivity contribution < 1.29 is 19.0 Å². The fraction of sp³-hybridized carbons (Fsp3) is 0.238. The predicted molar refractivity (Wildman–Crippen MR) is 111 cm³/mol. The van der Waals surface area contributed by atoms with Crippen LogP contribution in [0, 0.1) is 6.92 Å². The Morgan fingerprint density at radius 3 is 2.43 bits per heavy atom. The SMILES string of the molecule is COc1ccc(C)cc1NC(=O)Cc1csc(-c2ccc(OC)c(OC)c2)n1. The number of nitrogens with one attached hydrogen (secondary N) is 1. The molecule has 0 aliphatic rings. The molecule has 0 unspecified atom stereocenters. The first-order chi connectivity index (χ1) is 13.5. The summed E-state index contributed by atoms with van der Waals surface area (Å²) in [4.78, 5) is 17.0. The van der Waals surface area contributed by atoms with Gasteiger partial charge in [-0.1, -0.05) is 6.07 Å². The van der Waals surface area contributed by atoms with Gasteiger partial charge in [0.25, 0.3) is 0 Å². The summed E-state index contributed by atoms with van der Waals surface area (Å²) in [6.07, 6.45) is 0.181. The van der Waals surface area contributed by atoms with Crippen molar-refractivity contribution in [3.8, 4) is 27.8 Å². The number of thiazole rings is 1. The minimum absolute atomic E-state index is 0.145. The number of rotatable bonds is 7. The van der Waals surface area contributed by atoms with E-state index in [1.165, 1.54) is 11.3 Å². The molecule has 1 N–H and O–H groups in total. The Hall–Kier alpha value is -3.06. The third-order valence-corrected chi connectivity index (χ3v) is 5.09. The van der Waals surface area contributed by atoms with Crippen molar-refractivity contribution in [3.05, 3.63) is 53.0 Å². The molecule has 0 saturated heterocycles. The average Bonchev–Trinajstić information content (AvgIpc) is 3.15. The van der Waals surface area contributed by atoms with Crippen LogP contribution in [0.1, 0.15) is 11.3 Å². The third-order valence-electron chi connectivity index (χ3n) is 4.15. The van der Waals surface area contributed by atoms with Gasteiger partial charge in [-0.25, -0.2) is 4.98 Å². The zero-order valence-electron chi connectivity index (χ0n) is 16.2. The first-order valence-corrected chi connectivity index (χ1v) is 9.53. The van der Waals surface area contributed by atoms with E-state index in [0.717, 1.165) is 16.1 Å². The lowest BCUT2D eigenvalue weighted by Crippen LogP contribution is -2.15. The van der Waals surface area contributed by atoms with Gasteiger partial charge in [0.05, 0.1) is 39.1 Å². The number of carbonyl (C=O) groups is 1. The largest absolute Gasteiger partial charge is 0.495 e. The van der Waals surface area contributed by atoms with Crippen molar-refractivity contribution >= 4 is 22.9 Å². The van der Waals surface area contributed by atoms with Gasteiger partial charge in [0.2, 0.25) is 5.91 Å². The minimum atomic E-state index is -0.145. The topological polar surface area (TPSA) is 69.7 Å². The molecule has 1 amide bonds. The molecule has 0 spiro atoms. The zero-order chi connectivity index (χ0) is 20.1. The second-order valence-electron chi connectivity index (χ2n) is 6.14. The summed E-state index contributed by atoms with van der Waals surface area (Å²) in [6.45, 7) is 1.96. The van der Waals surface area contributed by atoms with Gasteiger partial charge in [0.1, 0.15) is 10.8 Å². The number of hydrogen-bond acceptors (Lipinski definition) is 6. The number of methoxy groups -OCH3 is 3. The fourth-order valence-corrected chi connectivity index (χ4v) is 3.59. The van der Waals surface area contributed by atoms with Crippen LogP contribution in [0.2, 0.25) is 0 Å². The van der Waals surface area contributed by atoms with Crippen LogP contribution in [0.25, 0.3) is 10.6 Å². The van der Waals surface area contributed by atoms with E-state index < -0.39 is 0 Å². The Morgan fingerprint density at radius 1 is 1.00 bits per heavy atom. The highest BCUT2D eigenvalue weighted by atomic mass is 32.1. The number of hydrogen-bond donors (Lipinski definition) is 1. The average molecular weight is 398 g/mol. The van der Waals surface area contributed by atoms with E-state index in [9.17, 15) is 4.79 Å². The smallest absolute Gasteiger partial charge is 0.230 e.